The maximum atomic E-state index is 4.98. The normalized spacial score (nSPS) is 12.6. The Morgan fingerprint density at radius 1 is 0.714 bits per heavy atom. The Kier molecular flexibility index (Phi) is 4.10. The molecule has 0 unspecified atom stereocenters. The first-order valence-corrected chi connectivity index (χ1v) is 9.57. The molecule has 0 spiro atoms. The summed E-state index contributed by atoms with van der Waals surface area (Å²) in [6.45, 7) is 8.73. The number of aryl methyl sites for hydroxylation is 2. The van der Waals surface area contributed by atoms with Crippen molar-refractivity contribution in [1.82, 2.24) is 29.1 Å². The summed E-state index contributed by atoms with van der Waals surface area (Å²) >= 11 is 0. The van der Waals surface area contributed by atoms with Crippen molar-refractivity contribution in [2.24, 2.45) is 14.1 Å². The zero-order chi connectivity index (χ0) is 20.1. The molecule has 0 bridgehead atoms. The molecule has 4 rings (SSSR count). The lowest BCUT2D eigenvalue weighted by atomic mass is 9.86. The molecule has 146 valence electrons. The fraction of sp³-hybridized carbons (Fsp3) is 0.364. The molecule has 4 aromatic heterocycles. The van der Waals surface area contributed by atoms with E-state index in [0.717, 1.165) is 34.4 Å². The average molecular weight is 377 g/mol. The molecule has 4 aromatic rings. The molecular formula is C22H28N6. The SMILES string of the molecule is Cn1cc(C(C)(C)c2ccc[nH]2)nc1-c1nc(C(C)(C)c2ccc[nH]2)cn1C. The molecule has 0 saturated heterocycles. The lowest BCUT2D eigenvalue weighted by molar-refractivity contribution is 0.601. The topological polar surface area (TPSA) is 67.2 Å². The third-order valence-electron chi connectivity index (χ3n) is 5.78. The number of imidazole rings is 2. The molecule has 2 N–H and O–H groups in total. The molecule has 28 heavy (non-hydrogen) atoms. The number of hydrogen-bond acceptors (Lipinski definition) is 2. The number of hydrogen-bond donors (Lipinski definition) is 2. The van der Waals surface area contributed by atoms with Crippen LogP contribution in [-0.2, 0) is 24.9 Å². The van der Waals surface area contributed by atoms with Gasteiger partial charge in [0.1, 0.15) is 0 Å². The van der Waals surface area contributed by atoms with E-state index in [-0.39, 0.29) is 10.8 Å². The predicted molar refractivity (Wildman–Crippen MR) is 111 cm³/mol. The van der Waals surface area contributed by atoms with Crippen LogP contribution in [-0.4, -0.2) is 29.1 Å². The lowest BCUT2D eigenvalue weighted by Gasteiger charge is -2.21. The lowest BCUT2D eigenvalue weighted by Crippen LogP contribution is -2.20. The van der Waals surface area contributed by atoms with Crippen molar-refractivity contribution in [1.29, 1.82) is 0 Å². The summed E-state index contributed by atoms with van der Waals surface area (Å²) in [6, 6.07) is 8.25. The second-order valence-electron chi connectivity index (χ2n) is 8.54. The molecule has 0 aliphatic carbocycles. The van der Waals surface area contributed by atoms with Crippen molar-refractivity contribution in [3.63, 3.8) is 0 Å². The van der Waals surface area contributed by atoms with Gasteiger partial charge in [0.15, 0.2) is 11.6 Å². The van der Waals surface area contributed by atoms with E-state index in [4.69, 9.17) is 9.97 Å². The number of H-pyrrole nitrogens is 2. The van der Waals surface area contributed by atoms with Gasteiger partial charge in [0, 0.05) is 61.1 Å². The first kappa shape index (κ1) is 18.3. The van der Waals surface area contributed by atoms with E-state index in [1.54, 1.807) is 0 Å². The van der Waals surface area contributed by atoms with Crippen LogP contribution in [0.4, 0.5) is 0 Å². The van der Waals surface area contributed by atoms with Crippen LogP contribution in [0.2, 0.25) is 0 Å². The standard InChI is InChI=1S/C22H28N6/c1-21(2,15-9-7-11-23-15)17-13-27(5)19(25-17)20-26-18(14-28(20)6)22(3,4)16-10-8-12-24-16/h7-14,23-24H,1-6H3. The fourth-order valence-electron chi connectivity index (χ4n) is 3.66. The molecule has 0 fully saturated rings. The molecule has 6 nitrogen and oxygen atoms in total. The van der Waals surface area contributed by atoms with Crippen LogP contribution >= 0.6 is 0 Å². The molecule has 4 heterocycles. The highest BCUT2D eigenvalue weighted by atomic mass is 15.2. The highest BCUT2D eigenvalue weighted by molar-refractivity contribution is 5.49. The minimum atomic E-state index is -0.211. The van der Waals surface area contributed by atoms with Crippen LogP contribution in [0.15, 0.2) is 49.1 Å². The Morgan fingerprint density at radius 3 is 1.43 bits per heavy atom. The minimum Gasteiger partial charge on any atom is -0.364 e. The van der Waals surface area contributed by atoms with Crippen molar-refractivity contribution < 1.29 is 0 Å². The second-order valence-corrected chi connectivity index (χ2v) is 8.54. The van der Waals surface area contributed by atoms with Gasteiger partial charge in [-0.05, 0) is 52.0 Å². The first-order chi connectivity index (χ1) is 13.2. The van der Waals surface area contributed by atoms with Gasteiger partial charge in [-0.1, -0.05) is 0 Å². The van der Waals surface area contributed by atoms with E-state index < -0.39 is 0 Å². The summed E-state index contributed by atoms with van der Waals surface area (Å²) in [7, 11) is 4.06. The molecular weight excluding hydrogens is 348 g/mol. The summed E-state index contributed by atoms with van der Waals surface area (Å²) in [5.74, 6) is 1.73. The van der Waals surface area contributed by atoms with Gasteiger partial charge in [-0.3, -0.25) is 0 Å². The summed E-state index contributed by atoms with van der Waals surface area (Å²) in [6.07, 6.45) is 8.10. The molecule has 0 radical (unpaired) electrons. The van der Waals surface area contributed by atoms with E-state index in [9.17, 15) is 0 Å². The number of nitrogens with one attached hydrogen (secondary N) is 2. The van der Waals surface area contributed by atoms with Crippen molar-refractivity contribution in [2.45, 2.75) is 38.5 Å². The first-order valence-electron chi connectivity index (χ1n) is 9.57. The molecule has 0 amide bonds. The van der Waals surface area contributed by atoms with Gasteiger partial charge in [-0.25, -0.2) is 9.97 Å². The number of aromatic amines is 2. The summed E-state index contributed by atoms with van der Waals surface area (Å²) in [5.41, 5.74) is 3.89. The summed E-state index contributed by atoms with van der Waals surface area (Å²) < 4.78 is 4.13. The summed E-state index contributed by atoms with van der Waals surface area (Å²) in [5, 5.41) is 0. The van der Waals surface area contributed by atoms with Crippen LogP contribution in [0.1, 0.15) is 50.5 Å². The number of aromatic nitrogens is 6. The van der Waals surface area contributed by atoms with Crippen LogP contribution in [0.25, 0.3) is 11.6 Å². The third-order valence-corrected chi connectivity index (χ3v) is 5.78. The zero-order valence-corrected chi connectivity index (χ0v) is 17.4. The molecule has 0 atom stereocenters. The second kappa shape index (κ2) is 6.26. The quantitative estimate of drug-likeness (QED) is 0.550. The van der Waals surface area contributed by atoms with E-state index in [1.807, 2.05) is 38.6 Å². The van der Waals surface area contributed by atoms with Crippen LogP contribution < -0.4 is 0 Å². The summed E-state index contributed by atoms with van der Waals surface area (Å²) in [4.78, 5) is 16.6. The molecule has 6 heteroatoms. The van der Waals surface area contributed by atoms with Crippen molar-refractivity contribution >= 4 is 0 Å². The minimum absolute atomic E-state index is 0.211. The predicted octanol–water partition coefficient (Wildman–Crippen LogP) is 4.13. The number of nitrogens with zero attached hydrogens (tertiary/aromatic N) is 4. The van der Waals surface area contributed by atoms with Gasteiger partial charge in [0.05, 0.1) is 11.4 Å². The van der Waals surface area contributed by atoms with Gasteiger partial charge in [-0.2, -0.15) is 0 Å². The van der Waals surface area contributed by atoms with Gasteiger partial charge in [0.25, 0.3) is 0 Å². The Morgan fingerprint density at radius 2 is 1.11 bits per heavy atom. The van der Waals surface area contributed by atoms with E-state index in [0.29, 0.717) is 0 Å². The van der Waals surface area contributed by atoms with Gasteiger partial charge in [-0.15, -0.1) is 0 Å². The molecule has 0 saturated carbocycles. The van der Waals surface area contributed by atoms with E-state index >= 15 is 0 Å². The Labute approximate surface area is 165 Å². The van der Waals surface area contributed by atoms with E-state index in [2.05, 4.69) is 71.3 Å². The van der Waals surface area contributed by atoms with Crippen LogP contribution in [0.3, 0.4) is 0 Å². The molecule has 0 aliphatic rings. The van der Waals surface area contributed by atoms with Gasteiger partial charge < -0.3 is 19.1 Å². The highest BCUT2D eigenvalue weighted by Crippen LogP contribution is 2.33. The van der Waals surface area contributed by atoms with Crippen LogP contribution in [0.5, 0.6) is 0 Å². The van der Waals surface area contributed by atoms with Crippen molar-refractivity contribution in [2.75, 3.05) is 0 Å². The van der Waals surface area contributed by atoms with Gasteiger partial charge in [0.2, 0.25) is 0 Å². The third kappa shape index (κ3) is 2.80. The average Bonchev–Trinajstić information content (AvgIpc) is 3.42. The smallest absolute Gasteiger partial charge is 0.176 e. The van der Waals surface area contributed by atoms with Crippen molar-refractivity contribution in [3.05, 3.63) is 71.8 Å². The molecule has 0 aliphatic heterocycles. The van der Waals surface area contributed by atoms with Crippen LogP contribution in [0, 0.1) is 0 Å². The largest absolute Gasteiger partial charge is 0.364 e. The van der Waals surface area contributed by atoms with E-state index in [1.165, 1.54) is 0 Å². The highest BCUT2D eigenvalue weighted by Gasteiger charge is 2.31. The monoisotopic (exact) mass is 376 g/mol. The Hall–Kier alpha value is -3.02. The Bertz CT molecular complexity index is 986. The van der Waals surface area contributed by atoms with Crippen molar-refractivity contribution in [3.8, 4) is 11.6 Å². The maximum Gasteiger partial charge on any atom is 0.176 e. The number of rotatable bonds is 5. The molecule has 0 aromatic carbocycles. The Balaban J connectivity index is 1.75. The zero-order valence-electron chi connectivity index (χ0n) is 17.4. The fourth-order valence-corrected chi connectivity index (χ4v) is 3.66. The maximum absolute atomic E-state index is 4.98. The van der Waals surface area contributed by atoms with Gasteiger partial charge >= 0.3 is 0 Å².